The standard InChI is InChI=1S/C11H23N3O/c1-8-5-4-6-10(7-8)14(3)9(2)11(12)13-15/h8-10,15H,4-7H2,1-3H3,(H2,12,13). The minimum atomic E-state index is 0.0188. The molecule has 1 saturated carbocycles. The fourth-order valence-corrected chi connectivity index (χ4v) is 2.38. The first kappa shape index (κ1) is 12.3. The number of hydrogen-bond donors (Lipinski definition) is 2. The highest BCUT2D eigenvalue weighted by Crippen LogP contribution is 2.27. The van der Waals surface area contributed by atoms with E-state index >= 15 is 0 Å². The third-order valence-corrected chi connectivity index (χ3v) is 3.64. The number of hydrogen-bond acceptors (Lipinski definition) is 3. The Kier molecular flexibility index (Phi) is 4.39. The molecule has 0 amide bonds. The minimum Gasteiger partial charge on any atom is -0.409 e. The average molecular weight is 213 g/mol. The lowest BCUT2D eigenvalue weighted by Crippen LogP contribution is -2.47. The van der Waals surface area contributed by atoms with Crippen molar-refractivity contribution in [3.8, 4) is 0 Å². The summed E-state index contributed by atoms with van der Waals surface area (Å²) in [6, 6.07) is 0.592. The van der Waals surface area contributed by atoms with E-state index in [0.717, 1.165) is 5.92 Å². The van der Waals surface area contributed by atoms with Crippen molar-refractivity contribution in [3.63, 3.8) is 0 Å². The molecule has 0 bridgehead atoms. The summed E-state index contributed by atoms with van der Waals surface area (Å²) in [7, 11) is 2.06. The Labute approximate surface area is 92.1 Å². The number of likely N-dealkylation sites (N-methyl/N-ethyl adjacent to an activating group) is 1. The van der Waals surface area contributed by atoms with Gasteiger partial charge in [0.05, 0.1) is 6.04 Å². The molecule has 1 fully saturated rings. The van der Waals surface area contributed by atoms with E-state index in [1.165, 1.54) is 25.7 Å². The molecular weight excluding hydrogens is 190 g/mol. The van der Waals surface area contributed by atoms with Crippen molar-refractivity contribution >= 4 is 5.84 Å². The predicted octanol–water partition coefficient (Wildman–Crippen LogP) is 1.63. The van der Waals surface area contributed by atoms with Crippen LogP contribution in [0.2, 0.25) is 0 Å². The maximum absolute atomic E-state index is 8.64. The highest BCUT2D eigenvalue weighted by atomic mass is 16.4. The highest BCUT2D eigenvalue weighted by Gasteiger charge is 2.26. The highest BCUT2D eigenvalue weighted by molar-refractivity contribution is 5.84. The van der Waals surface area contributed by atoms with Gasteiger partial charge in [-0.1, -0.05) is 24.9 Å². The zero-order valence-electron chi connectivity index (χ0n) is 9.98. The van der Waals surface area contributed by atoms with Gasteiger partial charge in [-0.2, -0.15) is 0 Å². The first-order valence-corrected chi connectivity index (χ1v) is 5.75. The molecule has 0 aromatic heterocycles. The van der Waals surface area contributed by atoms with Gasteiger partial charge in [-0.15, -0.1) is 0 Å². The third-order valence-electron chi connectivity index (χ3n) is 3.64. The van der Waals surface area contributed by atoms with Crippen LogP contribution in [0.25, 0.3) is 0 Å². The largest absolute Gasteiger partial charge is 0.409 e. The Bertz CT molecular complexity index is 230. The maximum Gasteiger partial charge on any atom is 0.156 e. The van der Waals surface area contributed by atoms with Gasteiger partial charge < -0.3 is 10.9 Å². The summed E-state index contributed by atoms with van der Waals surface area (Å²) in [6.07, 6.45) is 5.07. The lowest BCUT2D eigenvalue weighted by atomic mass is 9.86. The molecular formula is C11H23N3O. The Balaban J connectivity index is 2.55. The molecule has 0 heterocycles. The van der Waals surface area contributed by atoms with Gasteiger partial charge in [0.1, 0.15) is 0 Å². The first-order valence-electron chi connectivity index (χ1n) is 5.75. The summed E-state index contributed by atoms with van der Waals surface area (Å²) < 4.78 is 0. The number of amidine groups is 1. The SMILES string of the molecule is CC1CCCC(N(C)C(C)C(N)=NO)C1. The minimum absolute atomic E-state index is 0.0188. The van der Waals surface area contributed by atoms with Gasteiger partial charge in [0, 0.05) is 6.04 Å². The van der Waals surface area contributed by atoms with E-state index in [9.17, 15) is 0 Å². The Morgan fingerprint density at radius 2 is 2.20 bits per heavy atom. The normalized spacial score (nSPS) is 30.5. The summed E-state index contributed by atoms with van der Waals surface area (Å²) in [5.41, 5.74) is 5.62. The second kappa shape index (κ2) is 5.35. The number of nitrogens with two attached hydrogens (primary N) is 1. The van der Waals surface area contributed by atoms with Crippen molar-refractivity contribution in [2.45, 2.75) is 51.6 Å². The van der Waals surface area contributed by atoms with Crippen LogP contribution in [0, 0.1) is 5.92 Å². The lowest BCUT2D eigenvalue weighted by Gasteiger charge is -2.37. The molecule has 0 radical (unpaired) electrons. The quantitative estimate of drug-likeness (QED) is 0.324. The van der Waals surface area contributed by atoms with Crippen molar-refractivity contribution < 1.29 is 5.21 Å². The summed E-state index contributed by atoms with van der Waals surface area (Å²) >= 11 is 0. The van der Waals surface area contributed by atoms with Crippen molar-refractivity contribution in [2.24, 2.45) is 16.8 Å². The molecule has 1 aliphatic carbocycles. The molecule has 1 rings (SSSR count). The number of rotatable bonds is 3. The Morgan fingerprint density at radius 3 is 2.73 bits per heavy atom. The van der Waals surface area contributed by atoms with Gasteiger partial charge in [0.25, 0.3) is 0 Å². The lowest BCUT2D eigenvalue weighted by molar-refractivity contribution is 0.149. The molecule has 0 spiro atoms. The van der Waals surface area contributed by atoms with Gasteiger partial charge >= 0.3 is 0 Å². The van der Waals surface area contributed by atoms with E-state index < -0.39 is 0 Å². The summed E-state index contributed by atoms with van der Waals surface area (Å²) in [5.74, 6) is 1.10. The second-order valence-corrected chi connectivity index (χ2v) is 4.79. The van der Waals surface area contributed by atoms with Crippen LogP contribution >= 0.6 is 0 Å². The fraction of sp³-hybridized carbons (Fsp3) is 0.909. The number of nitrogens with zero attached hydrogens (tertiary/aromatic N) is 2. The molecule has 3 unspecified atom stereocenters. The molecule has 0 aromatic carbocycles. The first-order chi connectivity index (χ1) is 7.06. The third kappa shape index (κ3) is 3.09. The van der Waals surface area contributed by atoms with Crippen LogP contribution in [0.3, 0.4) is 0 Å². The van der Waals surface area contributed by atoms with Gasteiger partial charge in [-0.3, -0.25) is 4.90 Å². The van der Waals surface area contributed by atoms with Crippen LogP contribution in [-0.2, 0) is 0 Å². The predicted molar refractivity (Wildman–Crippen MR) is 62.1 cm³/mol. The van der Waals surface area contributed by atoms with E-state index in [2.05, 4.69) is 24.0 Å². The Morgan fingerprint density at radius 1 is 1.53 bits per heavy atom. The van der Waals surface area contributed by atoms with Crippen molar-refractivity contribution in [3.05, 3.63) is 0 Å². The van der Waals surface area contributed by atoms with E-state index in [0.29, 0.717) is 11.9 Å². The summed E-state index contributed by atoms with van der Waals surface area (Å²) in [4.78, 5) is 2.23. The molecule has 4 heteroatoms. The average Bonchev–Trinajstić information content (AvgIpc) is 2.26. The zero-order valence-corrected chi connectivity index (χ0v) is 9.98. The van der Waals surface area contributed by atoms with Gasteiger partial charge in [0.15, 0.2) is 5.84 Å². The maximum atomic E-state index is 8.64. The second-order valence-electron chi connectivity index (χ2n) is 4.79. The number of oxime groups is 1. The summed E-state index contributed by atoms with van der Waals surface area (Å²) in [6.45, 7) is 4.28. The van der Waals surface area contributed by atoms with E-state index in [4.69, 9.17) is 10.9 Å². The van der Waals surface area contributed by atoms with Crippen molar-refractivity contribution in [2.75, 3.05) is 7.05 Å². The van der Waals surface area contributed by atoms with Crippen LogP contribution in [0.15, 0.2) is 5.16 Å². The monoisotopic (exact) mass is 213 g/mol. The van der Waals surface area contributed by atoms with Crippen molar-refractivity contribution in [1.29, 1.82) is 0 Å². The van der Waals surface area contributed by atoms with Crippen LogP contribution in [0.4, 0.5) is 0 Å². The molecule has 0 saturated heterocycles. The van der Waals surface area contributed by atoms with Crippen molar-refractivity contribution in [1.82, 2.24) is 4.90 Å². The van der Waals surface area contributed by atoms with E-state index in [-0.39, 0.29) is 6.04 Å². The van der Waals surface area contributed by atoms with Gasteiger partial charge in [-0.05, 0) is 32.7 Å². The molecule has 3 atom stereocenters. The van der Waals surface area contributed by atoms with E-state index in [1.54, 1.807) is 0 Å². The van der Waals surface area contributed by atoms with Crippen LogP contribution in [0.5, 0.6) is 0 Å². The molecule has 0 aliphatic heterocycles. The fourth-order valence-electron chi connectivity index (χ4n) is 2.38. The van der Waals surface area contributed by atoms with Crippen LogP contribution in [0.1, 0.15) is 39.5 Å². The summed E-state index contributed by atoms with van der Waals surface area (Å²) in [5, 5.41) is 11.7. The van der Waals surface area contributed by atoms with Gasteiger partial charge in [0.2, 0.25) is 0 Å². The molecule has 3 N–H and O–H groups in total. The smallest absolute Gasteiger partial charge is 0.156 e. The topological polar surface area (TPSA) is 61.8 Å². The molecule has 88 valence electrons. The van der Waals surface area contributed by atoms with Crippen LogP contribution in [-0.4, -0.2) is 35.1 Å². The molecule has 15 heavy (non-hydrogen) atoms. The molecule has 4 nitrogen and oxygen atoms in total. The van der Waals surface area contributed by atoms with E-state index in [1.807, 2.05) is 6.92 Å². The molecule has 0 aromatic rings. The van der Waals surface area contributed by atoms with Crippen LogP contribution < -0.4 is 5.73 Å². The zero-order chi connectivity index (χ0) is 11.4. The Hall–Kier alpha value is -0.770. The molecule has 1 aliphatic rings. The van der Waals surface area contributed by atoms with Gasteiger partial charge in [-0.25, -0.2) is 0 Å².